The van der Waals surface area contributed by atoms with Crippen molar-refractivity contribution in [3.63, 3.8) is 0 Å². The van der Waals surface area contributed by atoms with Gasteiger partial charge in [-0.05, 0) is 65.2 Å². The summed E-state index contributed by atoms with van der Waals surface area (Å²) in [5.41, 5.74) is 3.07. The van der Waals surface area contributed by atoms with Crippen molar-refractivity contribution in [1.82, 2.24) is 9.55 Å². The Kier molecular flexibility index (Phi) is 4.54. The van der Waals surface area contributed by atoms with Gasteiger partial charge in [-0.15, -0.1) is 0 Å². The van der Waals surface area contributed by atoms with Crippen LogP contribution in [0.4, 0.5) is 0 Å². The molecule has 0 N–H and O–H groups in total. The maximum Gasteiger partial charge on any atom is 0.261 e. The van der Waals surface area contributed by atoms with Gasteiger partial charge in [0.1, 0.15) is 21.9 Å². The average Bonchev–Trinajstić information content (AvgIpc) is 3.34. The molecule has 1 aromatic carbocycles. The number of hydrogen-bond donors (Lipinski definition) is 0. The zero-order valence-electron chi connectivity index (χ0n) is 15.7. The minimum Gasteiger partial charge on any atom is -0.591 e. The lowest BCUT2D eigenvalue weighted by Gasteiger charge is -2.19. The molecule has 1 fully saturated rings. The van der Waals surface area contributed by atoms with Gasteiger partial charge in [-0.25, -0.2) is 4.98 Å². The van der Waals surface area contributed by atoms with Crippen LogP contribution >= 0.6 is 0 Å². The summed E-state index contributed by atoms with van der Waals surface area (Å²) in [4.78, 5) is 17.6. The van der Waals surface area contributed by atoms with Crippen LogP contribution in [-0.4, -0.2) is 24.6 Å². The number of aryl methyl sites for hydroxylation is 1. The lowest BCUT2D eigenvalue weighted by Crippen LogP contribution is -2.27. The number of benzene rings is 1. The lowest BCUT2D eigenvalue weighted by atomic mass is 10.0. The number of rotatable bonds is 3. The lowest BCUT2D eigenvalue weighted by molar-refractivity contribution is 0.561. The van der Waals surface area contributed by atoms with E-state index in [1.54, 1.807) is 11.6 Å². The van der Waals surface area contributed by atoms with Gasteiger partial charge in [0.25, 0.3) is 5.56 Å². The van der Waals surface area contributed by atoms with Gasteiger partial charge < -0.3 is 4.55 Å². The summed E-state index contributed by atoms with van der Waals surface area (Å²) in [7, 11) is 1.79. The number of fused-ring (bicyclic) bond motifs is 1. The third-order valence-corrected chi connectivity index (χ3v) is 5.92. The summed E-state index contributed by atoms with van der Waals surface area (Å²) < 4.78 is 18.0. The summed E-state index contributed by atoms with van der Waals surface area (Å²) in [6.45, 7) is 9.48. The highest BCUT2D eigenvalue weighted by Crippen LogP contribution is 2.39. The molecule has 0 amide bonds. The van der Waals surface area contributed by atoms with Crippen LogP contribution in [0.1, 0.15) is 63.4 Å². The molecule has 5 nitrogen and oxygen atoms in total. The normalized spacial score (nSPS) is 17.2. The molecule has 2 aromatic rings. The molecule has 0 unspecified atom stereocenters. The fourth-order valence-corrected chi connectivity index (χ4v) is 3.45. The average molecular weight is 359 g/mol. The van der Waals surface area contributed by atoms with Crippen LogP contribution in [0.15, 0.2) is 21.3 Å². The van der Waals surface area contributed by atoms with Crippen LogP contribution in [0.25, 0.3) is 10.9 Å². The van der Waals surface area contributed by atoms with E-state index < -0.39 is 16.1 Å². The molecule has 3 rings (SSSR count). The molecule has 0 bridgehead atoms. The smallest absolute Gasteiger partial charge is 0.261 e. The van der Waals surface area contributed by atoms with Crippen molar-refractivity contribution in [1.29, 1.82) is 0 Å². The molecule has 134 valence electrons. The highest BCUT2D eigenvalue weighted by atomic mass is 32.2. The molecule has 1 aliphatic carbocycles. The maximum atomic E-state index is 12.8. The first-order valence-electron chi connectivity index (χ1n) is 8.58. The quantitative estimate of drug-likeness (QED) is 0.623. The second-order valence-electron chi connectivity index (χ2n) is 7.86. The fraction of sp³-hybridized carbons (Fsp3) is 0.526. The summed E-state index contributed by atoms with van der Waals surface area (Å²) in [5.74, 6) is 1.21. The van der Waals surface area contributed by atoms with Crippen molar-refractivity contribution >= 4 is 28.0 Å². The molecule has 1 atom stereocenters. The van der Waals surface area contributed by atoms with E-state index in [9.17, 15) is 9.35 Å². The first kappa shape index (κ1) is 18.1. The highest BCUT2D eigenvalue weighted by Gasteiger charge is 2.30. The van der Waals surface area contributed by atoms with Crippen molar-refractivity contribution in [2.75, 3.05) is 0 Å². The van der Waals surface area contributed by atoms with E-state index in [4.69, 9.17) is 4.98 Å². The van der Waals surface area contributed by atoms with Crippen LogP contribution in [0.3, 0.4) is 0 Å². The van der Waals surface area contributed by atoms with Crippen LogP contribution < -0.4 is 5.56 Å². The van der Waals surface area contributed by atoms with E-state index in [1.165, 1.54) is 0 Å². The van der Waals surface area contributed by atoms with Crippen LogP contribution in [0.2, 0.25) is 0 Å². The Morgan fingerprint density at radius 2 is 2.00 bits per heavy atom. The van der Waals surface area contributed by atoms with Crippen molar-refractivity contribution in [2.45, 2.75) is 58.1 Å². The van der Waals surface area contributed by atoms with E-state index in [-0.39, 0.29) is 5.56 Å². The Morgan fingerprint density at radius 1 is 1.36 bits per heavy atom. The standard InChI is InChI=1S/C19H25N3O2S/c1-11-9-14(12(2)21-25(24)19(3,4)5)16-15(10-11)18(23)22(6)17(20-16)13-7-8-13/h9-10,13H,7-8H2,1-6H3/t25-/m1/s1. The Labute approximate surface area is 151 Å². The van der Waals surface area contributed by atoms with Crippen LogP contribution in [0.5, 0.6) is 0 Å². The molecule has 1 heterocycles. The molecule has 0 saturated heterocycles. The third-order valence-electron chi connectivity index (χ3n) is 4.44. The first-order valence-corrected chi connectivity index (χ1v) is 9.69. The van der Waals surface area contributed by atoms with Gasteiger partial charge in [-0.2, -0.15) is 0 Å². The summed E-state index contributed by atoms with van der Waals surface area (Å²) in [5, 5.41) is 0.595. The van der Waals surface area contributed by atoms with Crippen molar-refractivity contribution < 1.29 is 4.55 Å². The zero-order valence-corrected chi connectivity index (χ0v) is 16.5. The Hall–Kier alpha value is -1.66. The molecule has 0 spiro atoms. The van der Waals surface area contributed by atoms with Gasteiger partial charge in [0.15, 0.2) is 0 Å². The van der Waals surface area contributed by atoms with Gasteiger partial charge >= 0.3 is 0 Å². The summed E-state index contributed by atoms with van der Waals surface area (Å²) in [6, 6.07) is 3.85. The minimum absolute atomic E-state index is 0.0263. The van der Waals surface area contributed by atoms with Crippen molar-refractivity contribution in [3.8, 4) is 0 Å². The Morgan fingerprint density at radius 3 is 2.56 bits per heavy atom. The second-order valence-corrected chi connectivity index (χ2v) is 9.76. The first-order chi connectivity index (χ1) is 11.6. The topological polar surface area (TPSA) is 70.3 Å². The molecule has 0 radical (unpaired) electrons. The molecule has 0 aliphatic heterocycles. The molecule has 6 heteroatoms. The Balaban J connectivity index is 2.24. The summed E-state index contributed by atoms with van der Waals surface area (Å²) >= 11 is -1.35. The largest absolute Gasteiger partial charge is 0.591 e. The molecular weight excluding hydrogens is 334 g/mol. The van der Waals surface area contributed by atoms with Gasteiger partial charge in [-0.3, -0.25) is 9.36 Å². The van der Waals surface area contributed by atoms with Crippen LogP contribution in [-0.2, 0) is 18.4 Å². The van der Waals surface area contributed by atoms with Gasteiger partial charge in [-0.1, -0.05) is 4.40 Å². The predicted molar refractivity (Wildman–Crippen MR) is 104 cm³/mol. The third kappa shape index (κ3) is 3.51. The van der Waals surface area contributed by atoms with Gasteiger partial charge in [0.2, 0.25) is 0 Å². The van der Waals surface area contributed by atoms with Gasteiger partial charge in [0.05, 0.1) is 16.6 Å². The second kappa shape index (κ2) is 6.25. The number of hydrogen-bond acceptors (Lipinski definition) is 4. The SMILES string of the molecule is CC(=N[S@+]([O-])C(C)(C)C)c1cc(C)cc2c(=O)n(C)c(C3CC3)nc12. The van der Waals surface area contributed by atoms with Crippen molar-refractivity contribution in [3.05, 3.63) is 39.4 Å². The van der Waals surface area contributed by atoms with E-state index in [0.29, 0.717) is 22.5 Å². The summed E-state index contributed by atoms with van der Waals surface area (Å²) in [6.07, 6.45) is 2.15. The number of nitrogens with zero attached hydrogens (tertiary/aromatic N) is 3. The fourth-order valence-electron chi connectivity index (χ4n) is 2.83. The predicted octanol–water partition coefficient (Wildman–Crippen LogP) is 3.39. The van der Waals surface area contributed by atoms with Crippen molar-refractivity contribution in [2.24, 2.45) is 11.4 Å². The molecule has 1 saturated carbocycles. The minimum atomic E-state index is -1.35. The zero-order chi connectivity index (χ0) is 18.5. The maximum absolute atomic E-state index is 12.8. The number of aromatic nitrogens is 2. The van der Waals surface area contributed by atoms with E-state index in [2.05, 4.69) is 4.40 Å². The molecule has 1 aromatic heterocycles. The molecule has 25 heavy (non-hydrogen) atoms. The van der Waals surface area contributed by atoms with E-state index in [0.717, 1.165) is 29.8 Å². The molecule has 1 aliphatic rings. The van der Waals surface area contributed by atoms with E-state index >= 15 is 0 Å². The van der Waals surface area contributed by atoms with E-state index in [1.807, 2.05) is 46.8 Å². The Bertz CT molecular complexity index is 921. The molecular formula is C19H25N3O2S. The highest BCUT2D eigenvalue weighted by molar-refractivity contribution is 7.91. The van der Waals surface area contributed by atoms with Crippen LogP contribution in [0, 0.1) is 6.92 Å². The van der Waals surface area contributed by atoms with Gasteiger partial charge in [0, 0.05) is 18.5 Å². The monoisotopic (exact) mass is 359 g/mol.